The molecule has 0 N–H and O–H groups in total. The highest BCUT2D eigenvalue weighted by molar-refractivity contribution is 6.13. The molecule has 0 saturated heterocycles. The topological polar surface area (TPSA) is 34.1 Å². The highest BCUT2D eigenvalue weighted by atomic mass is 16.1. The zero-order chi connectivity index (χ0) is 8.55. The summed E-state index contributed by atoms with van der Waals surface area (Å²) in [5, 5.41) is 0. The first-order valence-corrected chi connectivity index (χ1v) is 3.94. The van der Waals surface area contributed by atoms with E-state index in [4.69, 9.17) is 0 Å². The molecule has 68 valence electrons. The second-order valence-corrected chi connectivity index (χ2v) is 2.89. The van der Waals surface area contributed by atoms with Gasteiger partial charge in [0.25, 0.3) is 0 Å². The van der Waals surface area contributed by atoms with Gasteiger partial charge < -0.3 is 0 Å². The first-order valence-electron chi connectivity index (χ1n) is 3.94. The van der Waals surface area contributed by atoms with E-state index in [2.05, 4.69) is 0 Å². The highest BCUT2D eigenvalue weighted by Gasteiger charge is 2.22. The lowest BCUT2D eigenvalue weighted by Crippen LogP contribution is -2.16. The Morgan fingerprint density at radius 2 is 1.23 bits per heavy atom. The zero-order valence-corrected chi connectivity index (χ0v) is 6.54. The van der Waals surface area contributed by atoms with Crippen molar-refractivity contribution in [2.45, 2.75) is 20.3 Å². The fraction of sp³-hybridized carbons (Fsp3) is 0.273. The molecule has 0 amide bonds. The van der Waals surface area contributed by atoms with Gasteiger partial charge in [0.15, 0.2) is 11.6 Å². The Bertz CT molecular complexity index is 318. The molecule has 0 fully saturated rings. The summed E-state index contributed by atoms with van der Waals surface area (Å²) in [4.78, 5) is 22.6. The molecule has 2 rings (SSSR count). The molecule has 13 heavy (non-hydrogen) atoms. The average Bonchev–Trinajstić information content (AvgIpc) is 2.12. The van der Waals surface area contributed by atoms with E-state index < -0.39 is 0 Å². The van der Waals surface area contributed by atoms with Crippen LogP contribution >= 0.6 is 0 Å². The largest absolute Gasteiger partial charge is 0.294 e. The molecule has 1 aliphatic carbocycles. The minimum atomic E-state index is 0. The molecule has 0 atom stereocenters. The second-order valence-electron chi connectivity index (χ2n) is 2.89. The van der Waals surface area contributed by atoms with Crippen molar-refractivity contribution in [3.8, 4) is 0 Å². The van der Waals surface area contributed by atoms with Crippen molar-refractivity contribution >= 4 is 11.6 Å². The van der Waals surface area contributed by atoms with Crippen LogP contribution in [0.1, 0.15) is 41.0 Å². The van der Waals surface area contributed by atoms with Crippen LogP contribution in [0.2, 0.25) is 0 Å². The SMILES string of the molecule is C.O=C1CCC(=O)c2ccccc21. The third-order valence-corrected chi connectivity index (χ3v) is 2.11. The molecule has 0 saturated carbocycles. The second kappa shape index (κ2) is 3.52. The third-order valence-electron chi connectivity index (χ3n) is 2.11. The predicted molar refractivity (Wildman–Crippen MR) is 51.1 cm³/mol. The van der Waals surface area contributed by atoms with Crippen LogP contribution in [-0.2, 0) is 0 Å². The summed E-state index contributed by atoms with van der Waals surface area (Å²) in [6.07, 6.45) is 0.742. The van der Waals surface area contributed by atoms with Gasteiger partial charge in [-0.1, -0.05) is 31.7 Å². The van der Waals surface area contributed by atoms with Gasteiger partial charge in [0, 0.05) is 24.0 Å². The van der Waals surface area contributed by atoms with Crippen molar-refractivity contribution in [2.24, 2.45) is 0 Å². The predicted octanol–water partition coefficient (Wildman–Crippen LogP) is 2.48. The summed E-state index contributed by atoms with van der Waals surface area (Å²) in [5.41, 5.74) is 1.18. The number of hydrogen-bond acceptors (Lipinski definition) is 2. The maximum absolute atomic E-state index is 11.3. The normalized spacial score (nSPS) is 14.8. The Kier molecular flexibility index (Phi) is 2.61. The van der Waals surface area contributed by atoms with Crippen molar-refractivity contribution < 1.29 is 9.59 Å². The number of benzene rings is 1. The van der Waals surface area contributed by atoms with Crippen LogP contribution in [0.3, 0.4) is 0 Å². The lowest BCUT2D eigenvalue weighted by molar-refractivity contribution is 0.0890. The lowest BCUT2D eigenvalue weighted by atomic mass is 9.90. The van der Waals surface area contributed by atoms with Crippen LogP contribution in [0, 0.1) is 0 Å². The maximum Gasteiger partial charge on any atom is 0.164 e. The third kappa shape index (κ3) is 1.52. The van der Waals surface area contributed by atoms with Crippen molar-refractivity contribution in [1.29, 1.82) is 0 Å². The van der Waals surface area contributed by atoms with Crippen LogP contribution < -0.4 is 0 Å². The molecule has 2 heteroatoms. The van der Waals surface area contributed by atoms with Crippen LogP contribution in [-0.4, -0.2) is 11.6 Å². The Balaban J connectivity index is 0.000000845. The molecular weight excluding hydrogens is 164 g/mol. The van der Waals surface area contributed by atoms with Crippen LogP contribution in [0.4, 0.5) is 0 Å². The molecular formula is C11H12O2. The number of hydrogen-bond donors (Lipinski definition) is 0. The first-order chi connectivity index (χ1) is 5.79. The van der Waals surface area contributed by atoms with Crippen molar-refractivity contribution in [3.05, 3.63) is 35.4 Å². The molecule has 0 aliphatic heterocycles. The molecule has 1 aromatic carbocycles. The molecule has 0 bridgehead atoms. The van der Waals surface area contributed by atoms with Gasteiger partial charge in [0.2, 0.25) is 0 Å². The average molecular weight is 176 g/mol. The van der Waals surface area contributed by atoms with E-state index in [1.54, 1.807) is 24.3 Å². The van der Waals surface area contributed by atoms with Crippen LogP contribution in [0.25, 0.3) is 0 Å². The van der Waals surface area contributed by atoms with Gasteiger partial charge in [-0.15, -0.1) is 0 Å². The molecule has 1 aliphatic rings. The molecule has 0 aromatic heterocycles. The summed E-state index contributed by atoms with van der Waals surface area (Å²) in [6, 6.07) is 7.01. The standard InChI is InChI=1S/C10H8O2.CH4/c11-9-5-6-10(12)8-4-2-1-3-7(8)9;/h1-4H,5-6H2;1H4. The molecule has 0 heterocycles. The van der Waals surface area contributed by atoms with Crippen molar-refractivity contribution in [2.75, 3.05) is 0 Å². The molecule has 0 spiro atoms. The summed E-state index contributed by atoms with van der Waals surface area (Å²) in [5.74, 6) is 0.176. The van der Waals surface area contributed by atoms with E-state index in [-0.39, 0.29) is 19.0 Å². The number of carbonyl (C=O) groups excluding carboxylic acids is 2. The van der Waals surface area contributed by atoms with Crippen molar-refractivity contribution in [1.82, 2.24) is 0 Å². The summed E-state index contributed by atoms with van der Waals surface area (Å²) in [6.45, 7) is 0. The highest BCUT2D eigenvalue weighted by Crippen LogP contribution is 2.20. The maximum atomic E-state index is 11.3. The Labute approximate surface area is 77.6 Å². The molecule has 2 nitrogen and oxygen atoms in total. The van der Waals surface area contributed by atoms with Gasteiger partial charge in [-0.2, -0.15) is 0 Å². The van der Waals surface area contributed by atoms with E-state index in [0.29, 0.717) is 24.0 Å². The monoisotopic (exact) mass is 176 g/mol. The number of carbonyl (C=O) groups is 2. The Hall–Kier alpha value is -1.44. The van der Waals surface area contributed by atoms with Gasteiger partial charge in [-0.05, 0) is 0 Å². The minimum absolute atomic E-state index is 0. The summed E-state index contributed by atoms with van der Waals surface area (Å²) in [7, 11) is 0. The van der Waals surface area contributed by atoms with Gasteiger partial charge in [0.1, 0.15) is 0 Å². The molecule has 0 radical (unpaired) electrons. The zero-order valence-electron chi connectivity index (χ0n) is 6.54. The summed E-state index contributed by atoms with van der Waals surface area (Å²) >= 11 is 0. The quantitative estimate of drug-likeness (QED) is 0.608. The molecule has 1 aromatic rings. The Morgan fingerprint density at radius 1 is 0.846 bits per heavy atom. The number of Topliss-reactive ketones (excluding diaryl/α,β-unsaturated/α-hetero) is 2. The van der Waals surface area contributed by atoms with Crippen LogP contribution in [0.15, 0.2) is 24.3 Å². The van der Waals surface area contributed by atoms with Gasteiger partial charge in [0.05, 0.1) is 0 Å². The van der Waals surface area contributed by atoms with E-state index >= 15 is 0 Å². The minimum Gasteiger partial charge on any atom is -0.294 e. The Morgan fingerprint density at radius 3 is 1.62 bits per heavy atom. The number of ketones is 2. The summed E-state index contributed by atoms with van der Waals surface area (Å²) < 4.78 is 0. The van der Waals surface area contributed by atoms with Gasteiger partial charge in [-0.3, -0.25) is 9.59 Å². The van der Waals surface area contributed by atoms with Crippen molar-refractivity contribution in [3.63, 3.8) is 0 Å². The fourth-order valence-electron chi connectivity index (χ4n) is 1.47. The van der Waals surface area contributed by atoms with E-state index in [9.17, 15) is 9.59 Å². The van der Waals surface area contributed by atoms with E-state index in [1.807, 2.05) is 0 Å². The van der Waals surface area contributed by atoms with Gasteiger partial charge >= 0.3 is 0 Å². The van der Waals surface area contributed by atoms with E-state index in [1.165, 1.54) is 0 Å². The number of rotatable bonds is 0. The van der Waals surface area contributed by atoms with E-state index in [0.717, 1.165) is 0 Å². The lowest BCUT2D eigenvalue weighted by Gasteiger charge is -2.11. The smallest absolute Gasteiger partial charge is 0.164 e. The van der Waals surface area contributed by atoms with Crippen LogP contribution in [0.5, 0.6) is 0 Å². The number of fused-ring (bicyclic) bond motifs is 1. The fourth-order valence-corrected chi connectivity index (χ4v) is 1.47. The molecule has 0 unspecified atom stereocenters. The van der Waals surface area contributed by atoms with Gasteiger partial charge in [-0.25, -0.2) is 0 Å². The first kappa shape index (κ1) is 9.65.